The van der Waals surface area contributed by atoms with Gasteiger partial charge >= 0.3 is 18.6 Å². The second-order valence-electron chi connectivity index (χ2n) is 5.28. The van der Waals surface area contributed by atoms with E-state index in [4.69, 9.17) is 0 Å². The van der Waals surface area contributed by atoms with Crippen LogP contribution in [0, 0.1) is 0 Å². The Balaban J connectivity index is 2.13. The number of nitrogens with zero attached hydrogens (tertiary/aromatic N) is 1. The van der Waals surface area contributed by atoms with Crippen molar-refractivity contribution in [2.45, 2.75) is 18.6 Å². The maximum atomic E-state index is 12.5. The Hall–Kier alpha value is -2.99. The van der Waals surface area contributed by atoms with E-state index in [1.165, 1.54) is 17.4 Å². The molecule has 1 atom stereocenters. The number of hydrogen-bond donors (Lipinski definition) is 2. The average Bonchev–Trinajstić information content (AvgIpc) is 2.79. The molecule has 7 nitrogen and oxygen atoms in total. The summed E-state index contributed by atoms with van der Waals surface area (Å²) in [6.45, 7) is -2.69. The molecule has 1 aliphatic rings. The number of urea groups is 1. The molecule has 2 N–H and O–H groups in total. The summed E-state index contributed by atoms with van der Waals surface area (Å²) in [4.78, 5) is 35.9. The Morgan fingerprint density at radius 2 is 1.78 bits per heavy atom. The van der Waals surface area contributed by atoms with Crippen molar-refractivity contribution in [1.29, 1.82) is 0 Å². The number of halogens is 6. The highest BCUT2D eigenvalue weighted by atomic mass is 19.4. The van der Waals surface area contributed by atoms with Crippen LogP contribution in [0.4, 0.5) is 31.1 Å². The zero-order valence-corrected chi connectivity index (χ0v) is 13.1. The lowest BCUT2D eigenvalue weighted by Crippen LogP contribution is -2.43. The van der Waals surface area contributed by atoms with Gasteiger partial charge in [0.2, 0.25) is 5.91 Å². The Kier molecular flexibility index (Phi) is 5.51. The number of amides is 4. The number of imide groups is 1. The van der Waals surface area contributed by atoms with Gasteiger partial charge in [0.15, 0.2) is 0 Å². The molecule has 0 unspecified atom stereocenters. The maximum absolute atomic E-state index is 12.5. The molecule has 0 radical (unpaired) electrons. The third-order valence-electron chi connectivity index (χ3n) is 3.27. The van der Waals surface area contributed by atoms with Crippen molar-refractivity contribution < 1.29 is 45.5 Å². The maximum Gasteiger partial charge on any atom is 0.573 e. The van der Waals surface area contributed by atoms with Crippen LogP contribution >= 0.6 is 0 Å². The molecular weight excluding hydrogens is 388 g/mol. The first-order chi connectivity index (χ1) is 12.4. The molecule has 1 fully saturated rings. The number of alkyl halides is 6. The predicted molar refractivity (Wildman–Crippen MR) is 75.2 cm³/mol. The zero-order chi connectivity index (χ0) is 20.4. The van der Waals surface area contributed by atoms with Crippen molar-refractivity contribution in [2.75, 3.05) is 13.1 Å². The average molecular weight is 399 g/mol. The largest absolute Gasteiger partial charge is 0.573 e. The predicted octanol–water partition coefficient (Wildman–Crippen LogP) is 1.86. The number of para-hydroxylation sites is 1. The third kappa shape index (κ3) is 5.49. The van der Waals surface area contributed by atoms with Crippen molar-refractivity contribution in [1.82, 2.24) is 15.5 Å². The highest BCUT2D eigenvalue weighted by molar-refractivity contribution is 6.07. The molecule has 0 aliphatic carbocycles. The molecule has 1 aromatic rings. The van der Waals surface area contributed by atoms with E-state index in [0.29, 0.717) is 4.90 Å². The highest BCUT2D eigenvalue weighted by Crippen LogP contribution is 2.33. The van der Waals surface area contributed by atoms with Crippen molar-refractivity contribution in [3.8, 4) is 5.75 Å². The van der Waals surface area contributed by atoms with E-state index in [1.54, 1.807) is 0 Å². The van der Waals surface area contributed by atoms with Gasteiger partial charge in [-0.2, -0.15) is 13.2 Å². The van der Waals surface area contributed by atoms with Gasteiger partial charge in [-0.25, -0.2) is 4.79 Å². The first kappa shape index (κ1) is 20.3. The lowest BCUT2D eigenvalue weighted by molar-refractivity contribution is -0.275. The quantitative estimate of drug-likeness (QED) is 0.585. The van der Waals surface area contributed by atoms with Crippen LogP contribution in [-0.4, -0.2) is 48.4 Å². The van der Waals surface area contributed by atoms with Gasteiger partial charge in [0.05, 0.1) is 0 Å². The molecule has 0 saturated carbocycles. The summed E-state index contributed by atoms with van der Waals surface area (Å²) in [7, 11) is 0. The molecule has 27 heavy (non-hydrogen) atoms. The summed E-state index contributed by atoms with van der Waals surface area (Å²) in [5.74, 6) is -3.12. The highest BCUT2D eigenvalue weighted by Gasteiger charge is 2.42. The fourth-order valence-corrected chi connectivity index (χ4v) is 2.21. The number of hydrogen-bond acceptors (Lipinski definition) is 4. The Labute approximate surface area is 147 Å². The number of nitrogens with one attached hydrogen (secondary N) is 2. The fraction of sp³-hybridized carbons (Fsp3) is 0.357. The monoisotopic (exact) mass is 399 g/mol. The number of ether oxygens (including phenoxy) is 1. The molecule has 2 rings (SSSR count). The SMILES string of the molecule is O=C(CN1C(=O)N[C@H](c2ccccc2OC(F)(F)F)C1=O)NCC(F)(F)F. The molecule has 0 bridgehead atoms. The van der Waals surface area contributed by atoms with E-state index >= 15 is 0 Å². The topological polar surface area (TPSA) is 87.7 Å². The van der Waals surface area contributed by atoms with Gasteiger partial charge in [-0.15, -0.1) is 13.2 Å². The van der Waals surface area contributed by atoms with Crippen LogP contribution in [0.25, 0.3) is 0 Å². The van der Waals surface area contributed by atoms with Crippen LogP contribution in [0.2, 0.25) is 0 Å². The molecular formula is C14H11F6N3O4. The van der Waals surface area contributed by atoms with Gasteiger partial charge in [0.25, 0.3) is 5.91 Å². The number of carbonyl (C=O) groups excluding carboxylic acids is 3. The summed E-state index contributed by atoms with van der Waals surface area (Å²) >= 11 is 0. The number of benzene rings is 1. The number of rotatable bonds is 5. The van der Waals surface area contributed by atoms with Crippen molar-refractivity contribution >= 4 is 17.8 Å². The Bertz CT molecular complexity index is 749. The van der Waals surface area contributed by atoms with Gasteiger partial charge in [-0.1, -0.05) is 18.2 Å². The van der Waals surface area contributed by atoms with Crippen molar-refractivity contribution in [3.63, 3.8) is 0 Å². The summed E-state index contributed by atoms with van der Waals surface area (Å²) in [6, 6.07) is 1.77. The lowest BCUT2D eigenvalue weighted by Gasteiger charge is -2.16. The van der Waals surface area contributed by atoms with Crippen molar-refractivity contribution in [3.05, 3.63) is 29.8 Å². The van der Waals surface area contributed by atoms with Crippen LogP contribution in [0.15, 0.2) is 24.3 Å². The van der Waals surface area contributed by atoms with E-state index in [9.17, 15) is 40.7 Å². The van der Waals surface area contributed by atoms with Crippen LogP contribution in [0.3, 0.4) is 0 Å². The summed E-state index contributed by atoms with van der Waals surface area (Å²) in [6.07, 6.45) is -9.75. The van der Waals surface area contributed by atoms with E-state index in [-0.39, 0.29) is 5.56 Å². The summed E-state index contributed by atoms with van der Waals surface area (Å²) in [5.41, 5.74) is -0.327. The molecule has 1 saturated heterocycles. The molecule has 148 valence electrons. The zero-order valence-electron chi connectivity index (χ0n) is 13.1. The first-order valence-electron chi connectivity index (χ1n) is 7.17. The second-order valence-corrected chi connectivity index (χ2v) is 5.28. The first-order valence-corrected chi connectivity index (χ1v) is 7.17. The molecule has 0 spiro atoms. The van der Waals surface area contributed by atoms with E-state index in [1.807, 2.05) is 0 Å². The minimum Gasteiger partial charge on any atom is -0.405 e. The van der Waals surface area contributed by atoms with E-state index in [0.717, 1.165) is 12.1 Å². The van der Waals surface area contributed by atoms with Gasteiger partial charge < -0.3 is 15.4 Å². The van der Waals surface area contributed by atoms with Gasteiger partial charge in [-0.3, -0.25) is 14.5 Å². The van der Waals surface area contributed by atoms with Crippen LogP contribution < -0.4 is 15.4 Å². The number of carbonyl (C=O) groups is 3. The third-order valence-corrected chi connectivity index (χ3v) is 3.27. The summed E-state index contributed by atoms with van der Waals surface area (Å²) < 4.78 is 77.4. The van der Waals surface area contributed by atoms with Crippen LogP contribution in [-0.2, 0) is 9.59 Å². The smallest absolute Gasteiger partial charge is 0.405 e. The van der Waals surface area contributed by atoms with E-state index in [2.05, 4.69) is 10.1 Å². The van der Waals surface area contributed by atoms with Gasteiger partial charge in [0.1, 0.15) is 24.9 Å². The molecule has 13 heteroatoms. The van der Waals surface area contributed by atoms with Gasteiger partial charge in [-0.05, 0) is 6.07 Å². The minimum atomic E-state index is -5.06. The normalized spacial score (nSPS) is 17.7. The van der Waals surface area contributed by atoms with Crippen LogP contribution in [0.5, 0.6) is 5.75 Å². The molecule has 1 heterocycles. The van der Waals surface area contributed by atoms with Crippen molar-refractivity contribution in [2.24, 2.45) is 0 Å². The summed E-state index contributed by atoms with van der Waals surface area (Å²) in [5, 5.41) is 3.54. The minimum absolute atomic E-state index is 0.292. The van der Waals surface area contributed by atoms with Gasteiger partial charge in [0, 0.05) is 5.56 Å². The second kappa shape index (κ2) is 7.32. The molecule has 4 amide bonds. The molecule has 1 aliphatic heterocycles. The van der Waals surface area contributed by atoms with Crippen LogP contribution in [0.1, 0.15) is 11.6 Å². The molecule has 0 aromatic heterocycles. The fourth-order valence-electron chi connectivity index (χ4n) is 2.21. The standard InChI is InChI=1S/C14H11F6N3O4/c15-13(16,17)6-21-9(24)5-23-11(25)10(22-12(23)26)7-3-1-2-4-8(7)27-14(18,19)20/h1-4,10H,5-6H2,(H,21,24)(H,22,26)/t10-/m1/s1. The lowest BCUT2D eigenvalue weighted by atomic mass is 10.1. The Morgan fingerprint density at radius 3 is 2.37 bits per heavy atom. The Morgan fingerprint density at radius 1 is 1.15 bits per heavy atom. The molecule has 1 aromatic carbocycles. The van der Waals surface area contributed by atoms with E-state index < -0.39 is 55.3 Å².